The third-order valence-corrected chi connectivity index (χ3v) is 3.80. The highest BCUT2D eigenvalue weighted by Gasteiger charge is 2.48. The van der Waals surface area contributed by atoms with Crippen LogP contribution in [0.15, 0.2) is 18.2 Å². The SMILES string of the molecule is CCCN1C(=O)C(C(C)=O)C(=O)N(c2cc(Cl)cc(Cl)c2)C1=O. The van der Waals surface area contributed by atoms with E-state index >= 15 is 0 Å². The molecule has 8 heteroatoms. The lowest BCUT2D eigenvalue weighted by Gasteiger charge is -2.36. The van der Waals surface area contributed by atoms with Gasteiger partial charge in [0.05, 0.1) is 5.69 Å². The van der Waals surface area contributed by atoms with Crippen LogP contribution >= 0.6 is 23.2 Å². The first-order chi connectivity index (χ1) is 10.8. The van der Waals surface area contributed by atoms with Crippen LogP contribution in [-0.4, -0.2) is 35.1 Å². The van der Waals surface area contributed by atoms with Gasteiger partial charge in [0.15, 0.2) is 11.7 Å². The van der Waals surface area contributed by atoms with Crippen LogP contribution in [0.5, 0.6) is 0 Å². The first kappa shape index (κ1) is 17.4. The summed E-state index contributed by atoms with van der Waals surface area (Å²) in [6.45, 7) is 3.03. The van der Waals surface area contributed by atoms with Gasteiger partial charge in [0, 0.05) is 16.6 Å². The predicted octanol–water partition coefficient (Wildman–Crippen LogP) is 2.90. The van der Waals surface area contributed by atoms with Gasteiger partial charge in [-0.15, -0.1) is 0 Å². The molecule has 0 spiro atoms. The maximum atomic E-state index is 12.5. The number of rotatable bonds is 4. The zero-order valence-corrected chi connectivity index (χ0v) is 14.0. The zero-order valence-electron chi connectivity index (χ0n) is 12.5. The van der Waals surface area contributed by atoms with Crippen molar-refractivity contribution in [3.05, 3.63) is 28.2 Å². The van der Waals surface area contributed by atoms with Crippen LogP contribution < -0.4 is 4.90 Å². The summed E-state index contributed by atoms with van der Waals surface area (Å²) in [6, 6.07) is 3.39. The Kier molecular flexibility index (Phi) is 5.06. The summed E-state index contributed by atoms with van der Waals surface area (Å²) in [5, 5.41) is 0.456. The maximum absolute atomic E-state index is 12.5. The Labute approximate surface area is 142 Å². The van der Waals surface area contributed by atoms with Crippen molar-refractivity contribution in [2.75, 3.05) is 11.4 Å². The van der Waals surface area contributed by atoms with Crippen LogP contribution in [0, 0.1) is 5.92 Å². The Hall–Kier alpha value is -1.92. The average Bonchev–Trinajstić information content (AvgIpc) is 2.42. The van der Waals surface area contributed by atoms with Crippen molar-refractivity contribution in [1.29, 1.82) is 0 Å². The van der Waals surface area contributed by atoms with Gasteiger partial charge in [-0.2, -0.15) is 0 Å². The largest absolute Gasteiger partial charge is 0.338 e. The molecule has 1 unspecified atom stereocenters. The van der Waals surface area contributed by atoms with E-state index in [1.165, 1.54) is 18.2 Å². The van der Waals surface area contributed by atoms with Crippen molar-refractivity contribution < 1.29 is 19.2 Å². The second-order valence-electron chi connectivity index (χ2n) is 5.12. The van der Waals surface area contributed by atoms with E-state index in [2.05, 4.69) is 0 Å². The quantitative estimate of drug-likeness (QED) is 0.777. The second-order valence-corrected chi connectivity index (χ2v) is 5.99. The molecule has 0 aromatic heterocycles. The third kappa shape index (κ3) is 3.23. The number of urea groups is 1. The molecule has 1 aliphatic rings. The van der Waals surface area contributed by atoms with Gasteiger partial charge in [-0.05, 0) is 31.5 Å². The van der Waals surface area contributed by atoms with Gasteiger partial charge >= 0.3 is 6.03 Å². The van der Waals surface area contributed by atoms with Crippen LogP contribution in [0.3, 0.4) is 0 Å². The molecule has 122 valence electrons. The Balaban J connectivity index is 2.55. The molecular weight excluding hydrogens is 343 g/mol. The number of Topliss-reactive ketones (excluding diaryl/α,β-unsaturated/α-hetero) is 1. The Morgan fingerprint density at radius 2 is 1.65 bits per heavy atom. The molecule has 0 N–H and O–H groups in total. The summed E-state index contributed by atoms with van der Waals surface area (Å²) in [5.74, 6) is -3.83. The van der Waals surface area contributed by atoms with Gasteiger partial charge < -0.3 is 0 Å². The summed E-state index contributed by atoms with van der Waals surface area (Å²) in [4.78, 5) is 50.7. The second kappa shape index (κ2) is 6.68. The standard InChI is InChI=1S/C15H14Cl2N2O4/c1-3-4-18-13(21)12(8(2)20)14(22)19(15(18)23)11-6-9(16)5-10(17)7-11/h5-7,12H,3-4H2,1-2H3. The lowest BCUT2D eigenvalue weighted by Crippen LogP contribution is -2.61. The fourth-order valence-corrected chi connectivity index (χ4v) is 2.90. The number of barbiturate groups is 1. The molecule has 1 aromatic carbocycles. The molecule has 0 radical (unpaired) electrons. The molecule has 0 saturated carbocycles. The average molecular weight is 357 g/mol. The lowest BCUT2D eigenvalue weighted by molar-refractivity contribution is -0.145. The fraction of sp³-hybridized carbons (Fsp3) is 0.333. The van der Waals surface area contributed by atoms with Crippen LogP contribution in [0.4, 0.5) is 10.5 Å². The number of ketones is 1. The van der Waals surface area contributed by atoms with E-state index in [0.29, 0.717) is 6.42 Å². The van der Waals surface area contributed by atoms with Crippen LogP contribution in [-0.2, 0) is 14.4 Å². The molecular formula is C15H14Cl2N2O4. The van der Waals surface area contributed by atoms with E-state index in [1.54, 1.807) is 6.92 Å². The molecule has 2 rings (SSSR count). The molecule has 23 heavy (non-hydrogen) atoms. The highest BCUT2D eigenvalue weighted by molar-refractivity contribution is 6.37. The fourth-order valence-electron chi connectivity index (χ4n) is 2.38. The minimum absolute atomic E-state index is 0.111. The zero-order chi connectivity index (χ0) is 17.3. The summed E-state index contributed by atoms with van der Waals surface area (Å²) >= 11 is 11.8. The summed E-state index contributed by atoms with van der Waals surface area (Å²) in [7, 11) is 0. The van der Waals surface area contributed by atoms with E-state index < -0.39 is 29.5 Å². The van der Waals surface area contributed by atoms with E-state index in [9.17, 15) is 19.2 Å². The Bertz CT molecular complexity index is 684. The highest BCUT2D eigenvalue weighted by atomic mass is 35.5. The molecule has 1 aromatic rings. The van der Waals surface area contributed by atoms with Gasteiger partial charge in [0.1, 0.15) is 0 Å². The number of amides is 4. The number of halogens is 2. The monoisotopic (exact) mass is 356 g/mol. The molecule has 1 saturated heterocycles. The van der Waals surface area contributed by atoms with Crippen molar-refractivity contribution in [1.82, 2.24) is 4.90 Å². The van der Waals surface area contributed by atoms with E-state index in [1.807, 2.05) is 0 Å². The number of carbonyl (C=O) groups is 4. The third-order valence-electron chi connectivity index (χ3n) is 3.36. The van der Waals surface area contributed by atoms with Crippen molar-refractivity contribution in [2.24, 2.45) is 5.92 Å². The summed E-state index contributed by atoms with van der Waals surface area (Å²) in [5.41, 5.74) is 0.123. The molecule has 1 fully saturated rings. The molecule has 0 aliphatic carbocycles. The molecule has 0 bridgehead atoms. The molecule has 6 nitrogen and oxygen atoms in total. The first-order valence-corrected chi connectivity index (χ1v) is 7.69. The normalized spacial score (nSPS) is 18.6. The van der Waals surface area contributed by atoms with E-state index in [0.717, 1.165) is 16.7 Å². The topological polar surface area (TPSA) is 74.8 Å². The van der Waals surface area contributed by atoms with Gasteiger partial charge in [0.2, 0.25) is 0 Å². The number of benzene rings is 1. The number of nitrogens with zero attached hydrogens (tertiary/aromatic N) is 2. The number of imide groups is 2. The molecule has 1 aliphatic heterocycles. The van der Waals surface area contributed by atoms with Crippen LogP contribution in [0.2, 0.25) is 10.0 Å². The van der Waals surface area contributed by atoms with Crippen molar-refractivity contribution in [3.8, 4) is 0 Å². The van der Waals surface area contributed by atoms with Crippen LogP contribution in [0.25, 0.3) is 0 Å². The van der Waals surface area contributed by atoms with Crippen LogP contribution in [0.1, 0.15) is 20.3 Å². The molecule has 4 amide bonds. The number of carbonyl (C=O) groups excluding carboxylic acids is 4. The Morgan fingerprint density at radius 3 is 2.13 bits per heavy atom. The summed E-state index contributed by atoms with van der Waals surface area (Å²) < 4.78 is 0. The number of hydrogen-bond acceptors (Lipinski definition) is 4. The number of hydrogen-bond donors (Lipinski definition) is 0. The van der Waals surface area contributed by atoms with Gasteiger partial charge in [-0.25, -0.2) is 9.69 Å². The minimum atomic E-state index is -1.53. The first-order valence-electron chi connectivity index (χ1n) is 6.93. The number of anilines is 1. The summed E-state index contributed by atoms with van der Waals surface area (Å²) in [6.07, 6.45) is 0.500. The lowest BCUT2D eigenvalue weighted by atomic mass is 9.98. The van der Waals surface area contributed by atoms with Gasteiger partial charge in [0.25, 0.3) is 11.8 Å². The van der Waals surface area contributed by atoms with Crippen molar-refractivity contribution >= 4 is 52.5 Å². The molecule has 1 heterocycles. The smallest absolute Gasteiger partial charge is 0.299 e. The maximum Gasteiger partial charge on any atom is 0.338 e. The minimum Gasteiger partial charge on any atom is -0.299 e. The van der Waals surface area contributed by atoms with E-state index in [-0.39, 0.29) is 22.3 Å². The molecule has 1 atom stereocenters. The van der Waals surface area contributed by atoms with Gasteiger partial charge in [-0.3, -0.25) is 19.3 Å². The Morgan fingerprint density at radius 1 is 1.09 bits per heavy atom. The highest BCUT2D eigenvalue weighted by Crippen LogP contribution is 2.30. The van der Waals surface area contributed by atoms with Crippen molar-refractivity contribution in [3.63, 3.8) is 0 Å². The van der Waals surface area contributed by atoms with Gasteiger partial charge in [-0.1, -0.05) is 30.1 Å². The predicted molar refractivity (Wildman–Crippen MR) is 85.5 cm³/mol. The van der Waals surface area contributed by atoms with E-state index in [4.69, 9.17) is 23.2 Å². The van der Waals surface area contributed by atoms with Crippen molar-refractivity contribution in [2.45, 2.75) is 20.3 Å².